The smallest absolute Gasteiger partial charge is 0.123 e. The number of hydrogen-bond donors (Lipinski definition) is 2. The molecule has 0 aliphatic carbocycles. The van der Waals surface area contributed by atoms with Crippen LogP contribution in [0.3, 0.4) is 0 Å². The van der Waals surface area contributed by atoms with E-state index in [0.717, 1.165) is 16.8 Å². The van der Waals surface area contributed by atoms with Crippen molar-refractivity contribution >= 4 is 15.9 Å². The Balaban J connectivity index is 3.16. The molecule has 3 nitrogen and oxygen atoms in total. The van der Waals surface area contributed by atoms with E-state index in [4.69, 9.17) is 4.74 Å². The van der Waals surface area contributed by atoms with Gasteiger partial charge in [-0.2, -0.15) is 0 Å². The molecule has 2 unspecified atom stereocenters. The number of benzene rings is 1. The Morgan fingerprint density at radius 3 is 2.42 bits per heavy atom. The van der Waals surface area contributed by atoms with Gasteiger partial charge >= 0.3 is 0 Å². The number of rotatable bonds is 7. The summed E-state index contributed by atoms with van der Waals surface area (Å²) in [5.41, 5.74) is 1.20. The fraction of sp³-hybridized carbons (Fsp3) is 0.600. The van der Waals surface area contributed by atoms with E-state index in [1.165, 1.54) is 5.56 Å². The maximum Gasteiger partial charge on any atom is 0.123 e. The molecule has 0 saturated carbocycles. The molecule has 1 aromatic rings. The third-order valence-corrected chi connectivity index (χ3v) is 4.06. The van der Waals surface area contributed by atoms with Gasteiger partial charge in [0.2, 0.25) is 0 Å². The molecule has 2 atom stereocenters. The monoisotopic (exact) mass is 328 g/mol. The molecule has 0 radical (unpaired) electrons. The van der Waals surface area contributed by atoms with Gasteiger partial charge < -0.3 is 15.4 Å². The second-order valence-electron chi connectivity index (χ2n) is 5.12. The Morgan fingerprint density at radius 1 is 1.26 bits per heavy atom. The van der Waals surface area contributed by atoms with Crippen molar-refractivity contribution in [3.8, 4) is 5.75 Å². The van der Waals surface area contributed by atoms with Gasteiger partial charge in [0, 0.05) is 16.1 Å². The number of nitrogens with one attached hydrogen (secondary N) is 2. The van der Waals surface area contributed by atoms with E-state index in [0.29, 0.717) is 11.8 Å². The van der Waals surface area contributed by atoms with Crippen LogP contribution in [-0.2, 0) is 0 Å². The van der Waals surface area contributed by atoms with Crippen LogP contribution in [0.25, 0.3) is 0 Å². The quantitative estimate of drug-likeness (QED) is 0.806. The lowest BCUT2D eigenvalue weighted by Crippen LogP contribution is -2.35. The van der Waals surface area contributed by atoms with Crippen molar-refractivity contribution in [1.29, 1.82) is 0 Å². The average molecular weight is 329 g/mol. The van der Waals surface area contributed by atoms with Gasteiger partial charge in [0.05, 0.1) is 7.11 Å². The molecule has 0 aliphatic heterocycles. The van der Waals surface area contributed by atoms with Gasteiger partial charge in [0.25, 0.3) is 0 Å². The molecule has 0 fully saturated rings. The highest BCUT2D eigenvalue weighted by atomic mass is 79.9. The highest BCUT2D eigenvalue weighted by Crippen LogP contribution is 2.35. The van der Waals surface area contributed by atoms with Crippen LogP contribution in [-0.4, -0.2) is 27.7 Å². The van der Waals surface area contributed by atoms with Gasteiger partial charge in [-0.1, -0.05) is 29.8 Å². The Morgan fingerprint density at radius 2 is 1.95 bits per heavy atom. The molecule has 19 heavy (non-hydrogen) atoms. The second-order valence-corrected chi connectivity index (χ2v) is 6.03. The van der Waals surface area contributed by atoms with Crippen LogP contribution in [0, 0.1) is 11.8 Å². The van der Waals surface area contributed by atoms with E-state index in [-0.39, 0.29) is 6.04 Å². The fourth-order valence-electron chi connectivity index (χ4n) is 2.52. The Bertz CT molecular complexity index is 396. The first kappa shape index (κ1) is 16.5. The molecule has 0 spiro atoms. The Kier molecular flexibility index (Phi) is 6.83. The summed E-state index contributed by atoms with van der Waals surface area (Å²) in [5.74, 6) is 2.01. The molecular weight excluding hydrogens is 304 g/mol. The molecule has 0 saturated heterocycles. The number of hydrogen-bond acceptors (Lipinski definition) is 3. The van der Waals surface area contributed by atoms with E-state index in [9.17, 15) is 0 Å². The maximum absolute atomic E-state index is 5.51. The highest BCUT2D eigenvalue weighted by Gasteiger charge is 2.26. The summed E-state index contributed by atoms with van der Waals surface area (Å²) in [5, 5.41) is 6.74. The van der Waals surface area contributed by atoms with Gasteiger partial charge in [-0.25, -0.2) is 0 Å². The molecule has 108 valence electrons. The van der Waals surface area contributed by atoms with Crippen molar-refractivity contribution in [3.05, 3.63) is 28.2 Å². The molecule has 1 rings (SSSR count). The summed E-state index contributed by atoms with van der Waals surface area (Å²) in [6.07, 6.45) is 0. The average Bonchev–Trinajstić information content (AvgIpc) is 2.38. The van der Waals surface area contributed by atoms with Crippen molar-refractivity contribution in [2.45, 2.75) is 19.9 Å². The van der Waals surface area contributed by atoms with Gasteiger partial charge in [-0.05, 0) is 50.7 Å². The molecule has 0 aliphatic rings. The first-order valence-corrected chi connectivity index (χ1v) is 7.49. The van der Waals surface area contributed by atoms with Crippen LogP contribution >= 0.6 is 15.9 Å². The molecular formula is C15H25BrN2O. The zero-order chi connectivity index (χ0) is 14.4. The van der Waals surface area contributed by atoms with Crippen molar-refractivity contribution in [2.24, 2.45) is 11.8 Å². The number of methoxy groups -OCH3 is 1. The summed E-state index contributed by atoms with van der Waals surface area (Å²) in [6.45, 7) is 5.49. The lowest BCUT2D eigenvalue weighted by atomic mass is 9.84. The van der Waals surface area contributed by atoms with Crippen LogP contribution < -0.4 is 15.4 Å². The summed E-state index contributed by atoms with van der Waals surface area (Å²) in [4.78, 5) is 0. The Labute approximate surface area is 125 Å². The first-order valence-electron chi connectivity index (χ1n) is 6.70. The molecule has 4 heteroatoms. The molecule has 1 aromatic carbocycles. The van der Waals surface area contributed by atoms with Crippen LogP contribution in [0.15, 0.2) is 22.7 Å². The predicted molar refractivity (Wildman–Crippen MR) is 84.7 cm³/mol. The summed E-state index contributed by atoms with van der Waals surface area (Å²) >= 11 is 3.55. The maximum atomic E-state index is 5.51. The fourth-order valence-corrected chi connectivity index (χ4v) is 2.90. The minimum absolute atomic E-state index is 0.264. The van der Waals surface area contributed by atoms with E-state index < -0.39 is 0 Å². The van der Waals surface area contributed by atoms with Crippen molar-refractivity contribution in [1.82, 2.24) is 10.6 Å². The zero-order valence-corrected chi connectivity index (χ0v) is 14.0. The molecule has 0 amide bonds. The van der Waals surface area contributed by atoms with Gasteiger partial charge in [0.1, 0.15) is 5.75 Å². The molecule has 2 N–H and O–H groups in total. The van der Waals surface area contributed by atoms with E-state index in [2.05, 4.69) is 46.5 Å². The molecule has 0 heterocycles. The normalized spacial score (nSPS) is 14.5. The standard InChI is InChI=1S/C15H25BrN2O/c1-10(2)13(9-17-3)15(18-4)12-8-11(16)6-7-14(12)19-5/h6-8,10,13,15,17-18H,9H2,1-5H3. The third-order valence-electron chi connectivity index (χ3n) is 3.56. The third kappa shape index (κ3) is 4.20. The molecule has 0 bridgehead atoms. The topological polar surface area (TPSA) is 33.3 Å². The number of halogens is 1. The Hall–Kier alpha value is -0.580. The SMILES string of the molecule is CNCC(C(C)C)C(NC)c1cc(Br)ccc1OC. The number of ether oxygens (including phenoxy) is 1. The van der Waals surface area contributed by atoms with Crippen LogP contribution in [0.4, 0.5) is 0 Å². The van der Waals surface area contributed by atoms with E-state index in [1.807, 2.05) is 26.2 Å². The second kappa shape index (κ2) is 7.88. The van der Waals surface area contributed by atoms with Crippen LogP contribution in [0.1, 0.15) is 25.5 Å². The largest absolute Gasteiger partial charge is 0.496 e. The van der Waals surface area contributed by atoms with Crippen molar-refractivity contribution in [2.75, 3.05) is 27.7 Å². The summed E-state index contributed by atoms with van der Waals surface area (Å²) < 4.78 is 6.59. The van der Waals surface area contributed by atoms with Gasteiger partial charge in [-0.3, -0.25) is 0 Å². The lowest BCUT2D eigenvalue weighted by molar-refractivity contribution is 0.277. The lowest BCUT2D eigenvalue weighted by Gasteiger charge is -2.31. The summed E-state index contributed by atoms with van der Waals surface area (Å²) in [6, 6.07) is 6.43. The van der Waals surface area contributed by atoms with Gasteiger partial charge in [-0.15, -0.1) is 0 Å². The highest BCUT2D eigenvalue weighted by molar-refractivity contribution is 9.10. The summed E-state index contributed by atoms with van der Waals surface area (Å²) in [7, 11) is 5.73. The van der Waals surface area contributed by atoms with Crippen LogP contribution in [0.5, 0.6) is 5.75 Å². The minimum atomic E-state index is 0.264. The first-order chi connectivity index (χ1) is 9.04. The van der Waals surface area contributed by atoms with Crippen molar-refractivity contribution in [3.63, 3.8) is 0 Å². The van der Waals surface area contributed by atoms with Crippen LogP contribution in [0.2, 0.25) is 0 Å². The van der Waals surface area contributed by atoms with Gasteiger partial charge in [0.15, 0.2) is 0 Å². The minimum Gasteiger partial charge on any atom is -0.496 e. The zero-order valence-electron chi connectivity index (χ0n) is 12.5. The predicted octanol–water partition coefficient (Wildman–Crippen LogP) is 3.21. The molecule has 0 aromatic heterocycles. The van der Waals surface area contributed by atoms with E-state index >= 15 is 0 Å². The van der Waals surface area contributed by atoms with Crippen molar-refractivity contribution < 1.29 is 4.74 Å². The van der Waals surface area contributed by atoms with E-state index in [1.54, 1.807) is 7.11 Å².